The predicted molar refractivity (Wildman–Crippen MR) is 115 cm³/mol. The topological polar surface area (TPSA) is 78.3 Å². The summed E-state index contributed by atoms with van der Waals surface area (Å²) < 4.78 is 5.39. The summed E-state index contributed by atoms with van der Waals surface area (Å²) >= 11 is 0. The highest BCUT2D eigenvalue weighted by molar-refractivity contribution is 5.99. The van der Waals surface area contributed by atoms with Gasteiger partial charge in [0, 0.05) is 41.3 Å². The first-order valence-corrected chi connectivity index (χ1v) is 10.9. The number of nitrogens with one attached hydrogen (secondary N) is 2. The molecule has 3 heterocycles. The van der Waals surface area contributed by atoms with Gasteiger partial charge in [-0.1, -0.05) is 0 Å². The summed E-state index contributed by atoms with van der Waals surface area (Å²) in [5.74, 6) is 0.958. The molecule has 1 aromatic carbocycles. The Balaban J connectivity index is 1.24. The quantitative estimate of drug-likeness (QED) is 0.692. The fraction of sp³-hybridized carbons (Fsp3) is 0.417. The van der Waals surface area contributed by atoms with Gasteiger partial charge in [-0.3, -0.25) is 9.59 Å². The molecule has 0 spiro atoms. The van der Waals surface area contributed by atoms with E-state index in [1.165, 1.54) is 29.5 Å². The number of fused-ring (bicyclic) bond motifs is 3. The number of benzene rings is 1. The van der Waals surface area contributed by atoms with Crippen molar-refractivity contribution in [1.82, 2.24) is 15.2 Å². The number of aromatic nitrogens is 1. The Morgan fingerprint density at radius 1 is 1.10 bits per heavy atom. The third-order valence-corrected chi connectivity index (χ3v) is 6.43. The van der Waals surface area contributed by atoms with Crippen molar-refractivity contribution in [2.75, 3.05) is 13.1 Å². The van der Waals surface area contributed by atoms with Gasteiger partial charge in [0.1, 0.15) is 5.76 Å². The van der Waals surface area contributed by atoms with Crippen LogP contribution in [0.15, 0.2) is 34.7 Å². The Labute approximate surface area is 175 Å². The van der Waals surface area contributed by atoms with Crippen LogP contribution in [0.2, 0.25) is 0 Å². The number of aryl methyl sites for hydroxylation is 3. The van der Waals surface area contributed by atoms with Gasteiger partial charge >= 0.3 is 0 Å². The minimum absolute atomic E-state index is 0.0612. The minimum atomic E-state index is -0.185. The molecule has 2 N–H and O–H groups in total. The number of likely N-dealkylation sites (tertiary alicyclic amines) is 1. The average molecular weight is 405 g/mol. The number of carbonyl (C=O) groups is 2. The molecule has 30 heavy (non-hydrogen) atoms. The maximum absolute atomic E-state index is 13.1. The molecule has 1 aliphatic carbocycles. The molecule has 2 amide bonds. The molecule has 1 fully saturated rings. The summed E-state index contributed by atoms with van der Waals surface area (Å²) in [5.41, 5.74) is 4.61. The minimum Gasteiger partial charge on any atom is -0.456 e. The molecule has 6 nitrogen and oxygen atoms in total. The van der Waals surface area contributed by atoms with Crippen LogP contribution in [0.1, 0.15) is 63.6 Å². The molecule has 156 valence electrons. The zero-order valence-corrected chi connectivity index (χ0v) is 17.3. The second-order valence-electron chi connectivity index (χ2n) is 8.50. The van der Waals surface area contributed by atoms with E-state index in [1.807, 2.05) is 24.0 Å². The Morgan fingerprint density at radius 3 is 2.67 bits per heavy atom. The van der Waals surface area contributed by atoms with Crippen LogP contribution in [0.25, 0.3) is 10.9 Å². The second-order valence-corrected chi connectivity index (χ2v) is 8.50. The Bertz CT molecular complexity index is 1100. The molecular weight excluding hydrogens is 378 g/mol. The molecule has 0 unspecified atom stereocenters. The summed E-state index contributed by atoms with van der Waals surface area (Å²) in [6.45, 7) is 3.11. The number of hydrogen-bond donors (Lipinski definition) is 2. The number of hydrogen-bond acceptors (Lipinski definition) is 3. The van der Waals surface area contributed by atoms with E-state index < -0.39 is 0 Å². The van der Waals surface area contributed by atoms with E-state index in [1.54, 1.807) is 12.1 Å². The number of nitrogens with zero attached hydrogens (tertiary/aromatic N) is 1. The SMILES string of the molecule is Cc1ccc(C(=O)NC2CCN(C(=O)c3ccc4[nH]c5c(c4c3)CCCC5)CC2)o1. The highest BCUT2D eigenvalue weighted by atomic mass is 16.3. The predicted octanol–water partition coefficient (Wildman–Crippen LogP) is 3.98. The van der Waals surface area contributed by atoms with E-state index in [0.29, 0.717) is 18.8 Å². The van der Waals surface area contributed by atoms with Crippen LogP contribution in [0, 0.1) is 6.92 Å². The molecule has 2 aromatic heterocycles. The van der Waals surface area contributed by atoms with Crippen LogP contribution in [0.4, 0.5) is 0 Å². The molecule has 2 aliphatic rings. The van der Waals surface area contributed by atoms with Crippen LogP contribution < -0.4 is 5.32 Å². The maximum Gasteiger partial charge on any atom is 0.287 e. The van der Waals surface area contributed by atoms with Gasteiger partial charge in [0.2, 0.25) is 0 Å². The lowest BCUT2D eigenvalue weighted by Gasteiger charge is -2.32. The first-order chi connectivity index (χ1) is 14.6. The number of aromatic amines is 1. The van der Waals surface area contributed by atoms with Gasteiger partial charge in [0.15, 0.2) is 5.76 Å². The van der Waals surface area contributed by atoms with E-state index in [-0.39, 0.29) is 17.9 Å². The lowest BCUT2D eigenvalue weighted by molar-refractivity contribution is 0.0695. The fourth-order valence-corrected chi connectivity index (χ4v) is 4.76. The zero-order chi connectivity index (χ0) is 20.7. The van der Waals surface area contributed by atoms with Gasteiger partial charge < -0.3 is 19.6 Å². The molecule has 0 saturated carbocycles. The van der Waals surface area contributed by atoms with Gasteiger partial charge in [-0.25, -0.2) is 0 Å². The van der Waals surface area contributed by atoms with Crippen molar-refractivity contribution in [3.8, 4) is 0 Å². The number of H-pyrrole nitrogens is 1. The first kappa shape index (κ1) is 19.0. The number of furan rings is 1. The van der Waals surface area contributed by atoms with Crippen LogP contribution in [-0.4, -0.2) is 40.8 Å². The largest absolute Gasteiger partial charge is 0.456 e. The summed E-state index contributed by atoms with van der Waals surface area (Å²) in [6.07, 6.45) is 6.14. The number of amides is 2. The van der Waals surface area contributed by atoms with Crippen LogP contribution in [-0.2, 0) is 12.8 Å². The summed E-state index contributed by atoms with van der Waals surface area (Å²) in [7, 11) is 0. The molecule has 0 bridgehead atoms. The highest BCUT2D eigenvalue weighted by Crippen LogP contribution is 2.30. The Morgan fingerprint density at radius 2 is 1.90 bits per heavy atom. The third-order valence-electron chi connectivity index (χ3n) is 6.43. The van der Waals surface area contributed by atoms with Crippen molar-refractivity contribution >= 4 is 22.7 Å². The lowest BCUT2D eigenvalue weighted by atomic mass is 9.95. The average Bonchev–Trinajstić information content (AvgIpc) is 3.37. The van der Waals surface area contributed by atoms with Crippen LogP contribution in [0.5, 0.6) is 0 Å². The maximum atomic E-state index is 13.1. The van der Waals surface area contributed by atoms with Gasteiger partial charge in [-0.15, -0.1) is 0 Å². The summed E-state index contributed by atoms with van der Waals surface area (Å²) in [6, 6.07) is 9.57. The van der Waals surface area contributed by atoms with E-state index in [9.17, 15) is 9.59 Å². The normalized spacial score (nSPS) is 17.2. The van der Waals surface area contributed by atoms with Gasteiger partial charge in [0.25, 0.3) is 11.8 Å². The molecule has 3 aromatic rings. The second kappa shape index (κ2) is 7.67. The van der Waals surface area contributed by atoms with Gasteiger partial charge in [-0.05, 0) is 81.3 Å². The fourth-order valence-electron chi connectivity index (χ4n) is 4.76. The number of piperidine rings is 1. The van der Waals surface area contributed by atoms with Crippen molar-refractivity contribution in [2.24, 2.45) is 0 Å². The number of rotatable bonds is 3. The summed E-state index contributed by atoms with van der Waals surface area (Å²) in [4.78, 5) is 30.8. The van der Waals surface area contributed by atoms with Crippen LogP contribution in [0.3, 0.4) is 0 Å². The highest BCUT2D eigenvalue weighted by Gasteiger charge is 2.26. The molecule has 0 radical (unpaired) electrons. The molecule has 1 aliphatic heterocycles. The Kier molecular flexibility index (Phi) is 4.85. The van der Waals surface area contributed by atoms with Crippen molar-refractivity contribution in [3.05, 3.63) is 58.7 Å². The van der Waals surface area contributed by atoms with E-state index in [2.05, 4.69) is 16.4 Å². The number of carbonyl (C=O) groups excluding carboxylic acids is 2. The Hall–Kier alpha value is -3.02. The molecular formula is C24H27N3O3. The summed E-state index contributed by atoms with van der Waals surface area (Å²) in [5, 5.41) is 4.23. The van der Waals surface area contributed by atoms with Crippen molar-refractivity contribution in [2.45, 2.75) is 51.5 Å². The monoisotopic (exact) mass is 405 g/mol. The smallest absolute Gasteiger partial charge is 0.287 e. The van der Waals surface area contributed by atoms with Crippen molar-refractivity contribution in [3.63, 3.8) is 0 Å². The first-order valence-electron chi connectivity index (χ1n) is 10.9. The molecule has 0 atom stereocenters. The van der Waals surface area contributed by atoms with E-state index >= 15 is 0 Å². The molecule has 1 saturated heterocycles. The standard InChI is InChI=1S/C24H27N3O3/c1-15-6-9-22(30-15)23(28)25-17-10-12-27(13-11-17)24(29)16-7-8-21-19(14-16)18-4-2-3-5-20(18)26-21/h6-9,14,17,26H,2-5,10-13H2,1H3,(H,25,28). The van der Waals surface area contributed by atoms with Crippen molar-refractivity contribution < 1.29 is 14.0 Å². The molecule has 6 heteroatoms. The van der Waals surface area contributed by atoms with Crippen LogP contribution >= 0.6 is 0 Å². The van der Waals surface area contributed by atoms with Crippen molar-refractivity contribution in [1.29, 1.82) is 0 Å². The molecule has 5 rings (SSSR count). The van der Waals surface area contributed by atoms with E-state index in [4.69, 9.17) is 4.42 Å². The lowest BCUT2D eigenvalue weighted by Crippen LogP contribution is -2.46. The zero-order valence-electron chi connectivity index (χ0n) is 17.3. The third kappa shape index (κ3) is 3.51. The van der Waals surface area contributed by atoms with E-state index in [0.717, 1.165) is 42.5 Å². The van der Waals surface area contributed by atoms with Gasteiger partial charge in [-0.2, -0.15) is 0 Å². The van der Waals surface area contributed by atoms with Gasteiger partial charge in [0.05, 0.1) is 0 Å².